The molecule has 5 nitrogen and oxygen atoms in total. The Morgan fingerprint density at radius 1 is 1.21 bits per heavy atom. The Kier molecular flexibility index (Phi) is 4.74. The van der Waals surface area contributed by atoms with Gasteiger partial charge in [0.1, 0.15) is 5.58 Å². The fourth-order valence-corrected chi connectivity index (χ4v) is 4.07. The van der Waals surface area contributed by atoms with E-state index in [2.05, 4.69) is 61.3 Å². The number of carbonyl (C=O) groups is 1. The van der Waals surface area contributed by atoms with E-state index < -0.39 is 0 Å². The third kappa shape index (κ3) is 3.56. The number of nitrogens with one attached hydrogen (secondary N) is 1. The number of rotatable bonds is 4. The molecule has 0 spiro atoms. The molecule has 4 rings (SSSR count). The smallest absolute Gasteiger partial charge is 0.307 e. The Bertz CT molecular complexity index is 1100. The molecule has 3 aromatic rings. The zero-order chi connectivity index (χ0) is 20.6. The van der Waals surface area contributed by atoms with Crippen molar-refractivity contribution in [1.29, 1.82) is 0 Å². The maximum absolute atomic E-state index is 12.3. The van der Waals surface area contributed by atoms with Gasteiger partial charge in [0.05, 0.1) is 11.8 Å². The Morgan fingerprint density at radius 3 is 2.76 bits per heavy atom. The number of likely N-dealkylation sites (N-methyl/N-ethyl adjacent to an activating group) is 1. The molecule has 1 aromatic heterocycles. The molecule has 5 heteroatoms. The molecule has 0 radical (unpaired) electrons. The highest BCUT2D eigenvalue weighted by Crippen LogP contribution is 2.38. The van der Waals surface area contributed by atoms with Crippen LogP contribution in [0.4, 0.5) is 5.69 Å². The first-order valence-electron chi connectivity index (χ1n) is 9.82. The summed E-state index contributed by atoms with van der Waals surface area (Å²) in [6.07, 6.45) is 3.95. The lowest BCUT2D eigenvalue weighted by molar-refractivity contribution is 0.0929. The zero-order valence-corrected chi connectivity index (χ0v) is 17.2. The summed E-state index contributed by atoms with van der Waals surface area (Å²) >= 11 is 0. The summed E-state index contributed by atoms with van der Waals surface area (Å²) in [5.74, 6) is -0.126. The summed E-state index contributed by atoms with van der Waals surface area (Å²) in [5.41, 5.74) is 7.81. The van der Waals surface area contributed by atoms with Gasteiger partial charge in [0, 0.05) is 23.2 Å². The SMILES string of the molecule is CCN1c2ccc(/C=N\NC(=O)c3cc4ccccc4o3)cc2C(C)=CC1(C)C. The molecule has 1 amide bonds. The molecule has 1 aliphatic rings. The number of benzene rings is 2. The van der Waals surface area contributed by atoms with Crippen LogP contribution >= 0.6 is 0 Å². The molecule has 0 bridgehead atoms. The van der Waals surface area contributed by atoms with Gasteiger partial charge in [-0.3, -0.25) is 4.79 Å². The Morgan fingerprint density at radius 2 is 2.00 bits per heavy atom. The first-order valence-corrected chi connectivity index (χ1v) is 9.82. The molecule has 1 N–H and O–H groups in total. The Hall–Kier alpha value is -3.34. The summed E-state index contributed by atoms with van der Waals surface area (Å²) in [7, 11) is 0. The second-order valence-electron chi connectivity index (χ2n) is 7.85. The van der Waals surface area contributed by atoms with Crippen molar-refractivity contribution in [2.75, 3.05) is 11.4 Å². The van der Waals surface area contributed by atoms with Crippen LogP contribution in [-0.4, -0.2) is 24.2 Å². The number of nitrogens with zero attached hydrogens (tertiary/aromatic N) is 2. The summed E-state index contributed by atoms with van der Waals surface area (Å²) in [6.45, 7) is 9.70. The van der Waals surface area contributed by atoms with Crippen molar-refractivity contribution in [3.8, 4) is 0 Å². The standard InChI is InChI=1S/C24H25N3O2/c1-5-27-20-11-10-17(12-19(20)16(2)14-24(27,3)4)15-25-26-23(28)22-13-18-8-6-7-9-21(18)29-22/h6-15H,5H2,1-4H3,(H,26,28)/b25-15-. The van der Waals surface area contributed by atoms with Crippen LogP contribution in [0.3, 0.4) is 0 Å². The van der Waals surface area contributed by atoms with Gasteiger partial charge < -0.3 is 9.32 Å². The van der Waals surface area contributed by atoms with Gasteiger partial charge in [-0.1, -0.05) is 30.3 Å². The molecule has 0 fully saturated rings. The van der Waals surface area contributed by atoms with E-state index in [-0.39, 0.29) is 17.2 Å². The normalized spacial score (nSPS) is 15.4. The Labute approximate surface area is 170 Å². The van der Waals surface area contributed by atoms with Crippen LogP contribution < -0.4 is 10.3 Å². The van der Waals surface area contributed by atoms with Gasteiger partial charge in [-0.05, 0) is 63.1 Å². The molecule has 0 aliphatic carbocycles. The number of allylic oxidation sites excluding steroid dienone is 1. The maximum Gasteiger partial charge on any atom is 0.307 e. The number of anilines is 1. The third-order valence-electron chi connectivity index (χ3n) is 5.35. The average molecular weight is 387 g/mol. The second kappa shape index (κ2) is 7.24. The summed E-state index contributed by atoms with van der Waals surface area (Å²) in [5, 5.41) is 5.00. The van der Waals surface area contributed by atoms with Crippen molar-refractivity contribution in [1.82, 2.24) is 5.43 Å². The summed E-state index contributed by atoms with van der Waals surface area (Å²) in [4.78, 5) is 14.7. The molecule has 148 valence electrons. The monoisotopic (exact) mass is 387 g/mol. The number of hydrogen-bond acceptors (Lipinski definition) is 4. The predicted molar refractivity (Wildman–Crippen MR) is 118 cm³/mol. The lowest BCUT2D eigenvalue weighted by atomic mass is 9.88. The van der Waals surface area contributed by atoms with E-state index in [9.17, 15) is 4.79 Å². The number of para-hydroxylation sites is 1. The number of hydrazone groups is 1. The third-order valence-corrected chi connectivity index (χ3v) is 5.35. The summed E-state index contributed by atoms with van der Waals surface area (Å²) in [6, 6.07) is 15.5. The van der Waals surface area contributed by atoms with Gasteiger partial charge in [-0.25, -0.2) is 5.43 Å². The predicted octanol–water partition coefficient (Wildman–Crippen LogP) is 5.22. The van der Waals surface area contributed by atoms with Crippen molar-refractivity contribution in [3.63, 3.8) is 0 Å². The summed E-state index contributed by atoms with van der Waals surface area (Å²) < 4.78 is 5.57. The van der Waals surface area contributed by atoms with E-state index in [1.807, 2.05) is 30.3 Å². The highest BCUT2D eigenvalue weighted by Gasteiger charge is 2.29. The van der Waals surface area contributed by atoms with Crippen LogP contribution in [0.5, 0.6) is 0 Å². The van der Waals surface area contributed by atoms with E-state index in [4.69, 9.17) is 4.42 Å². The van der Waals surface area contributed by atoms with E-state index in [1.165, 1.54) is 16.8 Å². The van der Waals surface area contributed by atoms with Crippen LogP contribution in [0.2, 0.25) is 0 Å². The van der Waals surface area contributed by atoms with E-state index >= 15 is 0 Å². The van der Waals surface area contributed by atoms with Crippen molar-refractivity contribution < 1.29 is 9.21 Å². The number of fused-ring (bicyclic) bond motifs is 2. The van der Waals surface area contributed by atoms with Crippen molar-refractivity contribution in [2.24, 2.45) is 5.10 Å². The molecule has 0 unspecified atom stereocenters. The number of amides is 1. The minimum Gasteiger partial charge on any atom is -0.451 e. The van der Waals surface area contributed by atoms with Crippen molar-refractivity contribution in [2.45, 2.75) is 33.2 Å². The van der Waals surface area contributed by atoms with Crippen LogP contribution in [0.25, 0.3) is 16.5 Å². The molecule has 0 atom stereocenters. The molecular formula is C24H25N3O2. The van der Waals surface area contributed by atoms with Gasteiger partial charge in [-0.2, -0.15) is 5.10 Å². The van der Waals surface area contributed by atoms with E-state index in [0.29, 0.717) is 5.58 Å². The molecule has 2 aromatic carbocycles. The quantitative estimate of drug-likeness (QED) is 0.493. The van der Waals surface area contributed by atoms with Crippen LogP contribution in [-0.2, 0) is 0 Å². The molecule has 0 saturated heterocycles. The first kappa shape index (κ1) is 19.0. The minimum absolute atomic E-state index is 0.0119. The molecule has 1 aliphatic heterocycles. The van der Waals surface area contributed by atoms with E-state index in [1.54, 1.807) is 12.3 Å². The fourth-order valence-electron chi connectivity index (χ4n) is 4.07. The highest BCUT2D eigenvalue weighted by atomic mass is 16.3. The maximum atomic E-state index is 12.3. The topological polar surface area (TPSA) is 57.8 Å². The Balaban J connectivity index is 1.52. The van der Waals surface area contributed by atoms with Gasteiger partial charge in [0.25, 0.3) is 0 Å². The van der Waals surface area contributed by atoms with Crippen molar-refractivity contribution in [3.05, 3.63) is 71.5 Å². The lowest BCUT2D eigenvalue weighted by Crippen LogP contribution is -2.44. The lowest BCUT2D eigenvalue weighted by Gasteiger charge is -2.42. The second-order valence-corrected chi connectivity index (χ2v) is 7.85. The van der Waals surface area contributed by atoms with Gasteiger partial charge in [-0.15, -0.1) is 0 Å². The van der Waals surface area contributed by atoms with Crippen LogP contribution in [0.1, 0.15) is 49.4 Å². The highest BCUT2D eigenvalue weighted by molar-refractivity contribution is 5.96. The molecule has 0 saturated carbocycles. The van der Waals surface area contributed by atoms with Gasteiger partial charge in [0.2, 0.25) is 0 Å². The largest absolute Gasteiger partial charge is 0.451 e. The zero-order valence-electron chi connectivity index (χ0n) is 17.2. The van der Waals surface area contributed by atoms with Crippen LogP contribution in [0.15, 0.2) is 64.1 Å². The minimum atomic E-state index is -0.370. The molecule has 2 heterocycles. The molecular weight excluding hydrogens is 362 g/mol. The van der Waals surface area contributed by atoms with Crippen molar-refractivity contribution >= 4 is 34.4 Å². The van der Waals surface area contributed by atoms with Gasteiger partial charge >= 0.3 is 5.91 Å². The van der Waals surface area contributed by atoms with E-state index in [0.717, 1.165) is 17.5 Å². The average Bonchev–Trinajstić information content (AvgIpc) is 3.12. The first-order chi connectivity index (χ1) is 13.9. The number of furan rings is 1. The number of carbonyl (C=O) groups excluding carboxylic acids is 1. The van der Waals surface area contributed by atoms with Gasteiger partial charge in [0.15, 0.2) is 5.76 Å². The van der Waals surface area contributed by atoms with Crippen LogP contribution in [0, 0.1) is 0 Å². The number of hydrogen-bond donors (Lipinski definition) is 1. The molecule has 29 heavy (non-hydrogen) atoms. The fraction of sp³-hybridized carbons (Fsp3) is 0.250.